The summed E-state index contributed by atoms with van der Waals surface area (Å²) in [6, 6.07) is 4.64. The van der Waals surface area contributed by atoms with Gasteiger partial charge in [-0.25, -0.2) is 4.39 Å². The first-order valence-electron chi connectivity index (χ1n) is 9.86. The van der Waals surface area contributed by atoms with Gasteiger partial charge in [-0.2, -0.15) is 0 Å². The van der Waals surface area contributed by atoms with Gasteiger partial charge in [0.15, 0.2) is 0 Å². The van der Waals surface area contributed by atoms with E-state index in [1.54, 1.807) is 11.0 Å². The van der Waals surface area contributed by atoms with E-state index in [1.165, 1.54) is 12.1 Å². The quantitative estimate of drug-likeness (QED) is 0.648. The number of H-pyrrole nitrogens is 1. The Kier molecular flexibility index (Phi) is 6.67. The molecule has 0 bridgehead atoms. The van der Waals surface area contributed by atoms with E-state index in [1.807, 2.05) is 20.0 Å². The molecule has 2 amide bonds. The average Bonchev–Trinajstić information content (AvgIpc) is 3.22. The molecule has 2 N–H and O–H groups in total. The molecule has 1 saturated heterocycles. The fourth-order valence-corrected chi connectivity index (χ4v) is 3.52. The van der Waals surface area contributed by atoms with Gasteiger partial charge in [0.2, 0.25) is 11.8 Å². The molecule has 2 heterocycles. The number of likely N-dealkylation sites (tertiary alicyclic amines) is 1. The van der Waals surface area contributed by atoms with Crippen molar-refractivity contribution >= 4 is 22.7 Å². The number of halogens is 1. The number of carbonyl (C=O) groups is 2. The molecule has 6 nitrogen and oxygen atoms in total. The lowest BCUT2D eigenvalue weighted by Gasteiger charge is -2.16. The lowest BCUT2D eigenvalue weighted by atomic mass is 10.1. The van der Waals surface area contributed by atoms with Gasteiger partial charge in [-0.05, 0) is 50.5 Å². The van der Waals surface area contributed by atoms with Crippen LogP contribution in [0.15, 0.2) is 24.4 Å². The van der Waals surface area contributed by atoms with Gasteiger partial charge < -0.3 is 19.9 Å². The summed E-state index contributed by atoms with van der Waals surface area (Å²) in [6.45, 7) is 6.07. The Morgan fingerprint density at radius 1 is 1.43 bits per heavy atom. The van der Waals surface area contributed by atoms with Crippen LogP contribution in [0, 0.1) is 11.7 Å². The average molecular weight is 389 g/mol. The molecule has 1 atom stereocenters. The number of benzene rings is 1. The highest BCUT2D eigenvalue weighted by Gasteiger charge is 2.33. The first kappa shape index (κ1) is 20.3. The molecule has 1 unspecified atom stereocenters. The fraction of sp³-hybridized carbons (Fsp3) is 0.524. The second kappa shape index (κ2) is 9.19. The van der Waals surface area contributed by atoms with Crippen molar-refractivity contribution in [2.24, 2.45) is 5.92 Å². The molecule has 1 aliphatic rings. The predicted octanol–water partition coefficient (Wildman–Crippen LogP) is 2.63. The van der Waals surface area contributed by atoms with Crippen LogP contribution in [0.2, 0.25) is 0 Å². The molecule has 0 spiro atoms. The second-order valence-corrected chi connectivity index (χ2v) is 7.56. The van der Waals surface area contributed by atoms with E-state index in [2.05, 4.69) is 10.3 Å². The molecule has 1 fully saturated rings. The molecular weight excluding hydrogens is 361 g/mol. The van der Waals surface area contributed by atoms with E-state index in [0.717, 1.165) is 22.9 Å². The van der Waals surface area contributed by atoms with Gasteiger partial charge in [-0.3, -0.25) is 9.59 Å². The standard InChI is InChI=1S/C21H28FN3O3/c1-14(2)28-9-3-7-23-21(27)16-10-20(26)25(13-16)8-6-15-12-24-19-5-4-17(22)11-18(15)19/h4-5,11-12,14,16,24H,3,6-10,13H2,1-2H3,(H,23,27). The zero-order chi connectivity index (χ0) is 20.1. The number of rotatable bonds is 9. The molecule has 1 aliphatic heterocycles. The smallest absolute Gasteiger partial charge is 0.225 e. The lowest BCUT2D eigenvalue weighted by molar-refractivity contribution is -0.129. The Labute approximate surface area is 164 Å². The van der Waals surface area contributed by atoms with Crippen molar-refractivity contribution in [3.8, 4) is 0 Å². The zero-order valence-corrected chi connectivity index (χ0v) is 16.5. The lowest BCUT2D eigenvalue weighted by Crippen LogP contribution is -2.34. The van der Waals surface area contributed by atoms with Crippen molar-refractivity contribution in [3.05, 3.63) is 35.8 Å². The Bertz CT molecular complexity index is 833. The first-order chi connectivity index (χ1) is 13.4. The zero-order valence-electron chi connectivity index (χ0n) is 16.5. The van der Waals surface area contributed by atoms with Crippen LogP contribution < -0.4 is 5.32 Å². The van der Waals surface area contributed by atoms with Gasteiger partial charge >= 0.3 is 0 Å². The van der Waals surface area contributed by atoms with E-state index in [4.69, 9.17) is 4.74 Å². The number of nitrogens with one attached hydrogen (secondary N) is 2. The maximum atomic E-state index is 13.5. The van der Waals surface area contributed by atoms with E-state index in [9.17, 15) is 14.0 Å². The highest BCUT2D eigenvalue weighted by atomic mass is 19.1. The van der Waals surface area contributed by atoms with Crippen molar-refractivity contribution in [2.45, 2.75) is 39.2 Å². The Balaban J connectivity index is 1.46. The topological polar surface area (TPSA) is 74.4 Å². The molecule has 0 saturated carbocycles. The van der Waals surface area contributed by atoms with Crippen LogP contribution in [-0.4, -0.2) is 54.0 Å². The molecule has 3 rings (SSSR count). The number of ether oxygens (including phenoxy) is 1. The SMILES string of the molecule is CC(C)OCCCNC(=O)C1CC(=O)N(CCc2c[nH]c3ccc(F)cc23)C1. The summed E-state index contributed by atoms with van der Waals surface area (Å²) < 4.78 is 18.9. The molecular formula is C21H28FN3O3. The largest absolute Gasteiger partial charge is 0.379 e. The van der Waals surface area contributed by atoms with Crippen LogP contribution in [0.1, 0.15) is 32.3 Å². The number of hydrogen-bond acceptors (Lipinski definition) is 3. The van der Waals surface area contributed by atoms with Gasteiger partial charge in [0.05, 0.1) is 12.0 Å². The van der Waals surface area contributed by atoms with Crippen LogP contribution in [0.25, 0.3) is 10.9 Å². The highest BCUT2D eigenvalue weighted by molar-refractivity contribution is 5.89. The Morgan fingerprint density at radius 3 is 3.04 bits per heavy atom. The summed E-state index contributed by atoms with van der Waals surface area (Å²) >= 11 is 0. The Morgan fingerprint density at radius 2 is 2.25 bits per heavy atom. The van der Waals surface area contributed by atoms with Crippen molar-refractivity contribution in [2.75, 3.05) is 26.2 Å². The summed E-state index contributed by atoms with van der Waals surface area (Å²) in [6.07, 6.45) is 3.66. The number of aromatic nitrogens is 1. The summed E-state index contributed by atoms with van der Waals surface area (Å²) in [7, 11) is 0. The van der Waals surface area contributed by atoms with E-state index < -0.39 is 0 Å². The minimum Gasteiger partial charge on any atom is -0.379 e. The number of aromatic amines is 1. The van der Waals surface area contributed by atoms with Crippen LogP contribution in [0.4, 0.5) is 4.39 Å². The highest BCUT2D eigenvalue weighted by Crippen LogP contribution is 2.22. The number of fused-ring (bicyclic) bond motifs is 1. The van der Waals surface area contributed by atoms with Gasteiger partial charge in [0.25, 0.3) is 0 Å². The molecule has 1 aromatic heterocycles. The minimum atomic E-state index is -0.307. The Hall–Kier alpha value is -2.41. The summed E-state index contributed by atoms with van der Waals surface area (Å²) in [5.41, 5.74) is 1.85. The third kappa shape index (κ3) is 5.10. The van der Waals surface area contributed by atoms with Gasteiger partial charge in [-0.1, -0.05) is 0 Å². The van der Waals surface area contributed by atoms with Crippen molar-refractivity contribution < 1.29 is 18.7 Å². The van der Waals surface area contributed by atoms with Crippen LogP contribution >= 0.6 is 0 Å². The summed E-state index contributed by atoms with van der Waals surface area (Å²) in [5.74, 6) is -0.663. The van der Waals surface area contributed by atoms with Crippen molar-refractivity contribution in [3.63, 3.8) is 0 Å². The number of nitrogens with zero attached hydrogens (tertiary/aromatic N) is 1. The maximum absolute atomic E-state index is 13.5. The molecule has 0 aliphatic carbocycles. The van der Waals surface area contributed by atoms with Crippen molar-refractivity contribution in [1.82, 2.24) is 15.2 Å². The van der Waals surface area contributed by atoms with E-state index in [-0.39, 0.29) is 36.1 Å². The molecule has 152 valence electrons. The minimum absolute atomic E-state index is 0.00527. The monoisotopic (exact) mass is 389 g/mol. The fourth-order valence-electron chi connectivity index (χ4n) is 3.52. The predicted molar refractivity (Wildman–Crippen MR) is 105 cm³/mol. The van der Waals surface area contributed by atoms with E-state index >= 15 is 0 Å². The van der Waals surface area contributed by atoms with Gasteiger partial charge in [0.1, 0.15) is 5.82 Å². The maximum Gasteiger partial charge on any atom is 0.225 e. The molecule has 7 heteroatoms. The van der Waals surface area contributed by atoms with Gasteiger partial charge in [0, 0.05) is 49.8 Å². The summed E-state index contributed by atoms with van der Waals surface area (Å²) in [4.78, 5) is 29.4. The van der Waals surface area contributed by atoms with Crippen LogP contribution in [-0.2, 0) is 20.7 Å². The summed E-state index contributed by atoms with van der Waals surface area (Å²) in [5, 5.41) is 3.73. The first-order valence-corrected chi connectivity index (χ1v) is 9.86. The molecule has 28 heavy (non-hydrogen) atoms. The number of hydrogen-bond donors (Lipinski definition) is 2. The van der Waals surface area contributed by atoms with Crippen molar-refractivity contribution in [1.29, 1.82) is 0 Å². The van der Waals surface area contributed by atoms with E-state index in [0.29, 0.717) is 32.7 Å². The normalized spacial score (nSPS) is 17.1. The number of carbonyl (C=O) groups excluding carboxylic acids is 2. The molecule has 0 radical (unpaired) electrons. The molecule has 1 aromatic carbocycles. The third-order valence-electron chi connectivity index (χ3n) is 5.04. The molecule has 2 aromatic rings. The van der Waals surface area contributed by atoms with Gasteiger partial charge in [-0.15, -0.1) is 0 Å². The van der Waals surface area contributed by atoms with Crippen LogP contribution in [0.3, 0.4) is 0 Å². The van der Waals surface area contributed by atoms with Crippen LogP contribution in [0.5, 0.6) is 0 Å². The third-order valence-corrected chi connectivity index (χ3v) is 5.04. The second-order valence-electron chi connectivity index (χ2n) is 7.56. The number of amides is 2.